The zero-order valence-corrected chi connectivity index (χ0v) is 9.99. The van der Waals surface area contributed by atoms with Crippen molar-refractivity contribution in [3.05, 3.63) is 0 Å². The fourth-order valence-electron chi connectivity index (χ4n) is 0.871. The molecule has 12 heavy (non-hydrogen) atoms. The van der Waals surface area contributed by atoms with Crippen molar-refractivity contribution >= 4 is 0 Å². The Kier molecular flexibility index (Phi) is 9.17. The van der Waals surface area contributed by atoms with Gasteiger partial charge in [0.1, 0.15) is 0 Å². The van der Waals surface area contributed by atoms with Crippen LogP contribution >= 0.6 is 0 Å². The Morgan fingerprint density at radius 3 is 1.83 bits per heavy atom. The maximum Gasteiger partial charge on any atom is 0.0125 e. The first kappa shape index (κ1) is 14.5. The van der Waals surface area contributed by atoms with Crippen LogP contribution < -0.4 is 5.32 Å². The van der Waals surface area contributed by atoms with Gasteiger partial charge in [0.05, 0.1) is 0 Å². The van der Waals surface area contributed by atoms with Gasteiger partial charge in [-0.15, -0.1) is 0 Å². The molecule has 0 spiro atoms. The van der Waals surface area contributed by atoms with Gasteiger partial charge >= 0.3 is 0 Å². The van der Waals surface area contributed by atoms with Crippen molar-refractivity contribution in [1.82, 2.24) is 5.32 Å². The van der Waals surface area contributed by atoms with Crippen LogP contribution in [0.25, 0.3) is 0 Å². The minimum Gasteiger partial charge on any atom is -0.309 e. The predicted octanol–water partition coefficient (Wildman–Crippen LogP) is 3.59. The highest BCUT2D eigenvalue weighted by Gasteiger charge is 2.15. The fourth-order valence-corrected chi connectivity index (χ4v) is 0.871. The molecule has 1 atom stereocenters. The van der Waals surface area contributed by atoms with Crippen molar-refractivity contribution < 1.29 is 0 Å². The lowest BCUT2D eigenvalue weighted by Crippen LogP contribution is -2.43. The van der Waals surface area contributed by atoms with Crippen LogP contribution in [-0.4, -0.2) is 11.6 Å². The third kappa shape index (κ3) is 8.06. The minimum atomic E-state index is 0.315. The largest absolute Gasteiger partial charge is 0.309 e. The van der Waals surface area contributed by atoms with Gasteiger partial charge in [0, 0.05) is 11.6 Å². The third-order valence-electron chi connectivity index (χ3n) is 2.13. The van der Waals surface area contributed by atoms with Crippen LogP contribution in [0.1, 0.15) is 61.3 Å². The molecule has 1 unspecified atom stereocenters. The molecule has 0 aromatic carbocycles. The molecule has 0 aliphatic carbocycles. The molecule has 0 heterocycles. The Morgan fingerprint density at radius 2 is 1.58 bits per heavy atom. The molecule has 1 N–H and O–H groups in total. The summed E-state index contributed by atoms with van der Waals surface area (Å²) in [4.78, 5) is 0. The summed E-state index contributed by atoms with van der Waals surface area (Å²) in [5.41, 5.74) is 0.315. The first-order valence-corrected chi connectivity index (χ1v) is 5.29. The van der Waals surface area contributed by atoms with Gasteiger partial charge in [-0.2, -0.15) is 0 Å². The first-order chi connectivity index (χ1) is 5.52. The van der Waals surface area contributed by atoms with E-state index in [0.29, 0.717) is 11.6 Å². The van der Waals surface area contributed by atoms with E-state index < -0.39 is 0 Å². The molecule has 0 aliphatic heterocycles. The number of nitrogens with one attached hydrogen (secondary N) is 1. The highest BCUT2D eigenvalue weighted by atomic mass is 15.0. The summed E-state index contributed by atoms with van der Waals surface area (Å²) in [5, 5.41) is 3.56. The summed E-state index contributed by atoms with van der Waals surface area (Å²) in [7, 11) is 0. The van der Waals surface area contributed by atoms with E-state index in [1.165, 1.54) is 12.8 Å². The van der Waals surface area contributed by atoms with Gasteiger partial charge in [-0.3, -0.25) is 0 Å². The Hall–Kier alpha value is -0.0400. The van der Waals surface area contributed by atoms with E-state index in [2.05, 4.69) is 39.9 Å². The first-order valence-electron chi connectivity index (χ1n) is 5.29. The van der Waals surface area contributed by atoms with E-state index in [4.69, 9.17) is 0 Å². The fraction of sp³-hybridized carbons (Fsp3) is 1.00. The third-order valence-corrected chi connectivity index (χ3v) is 2.13. The second kappa shape index (κ2) is 7.60. The highest BCUT2D eigenvalue weighted by Crippen LogP contribution is 2.08. The van der Waals surface area contributed by atoms with Crippen LogP contribution in [-0.2, 0) is 0 Å². The SMILES string of the molecule is CC.CCC(C)NC(C)(C)CC. The molecule has 0 saturated heterocycles. The van der Waals surface area contributed by atoms with Gasteiger partial charge in [0.15, 0.2) is 0 Å². The second-order valence-corrected chi connectivity index (χ2v) is 3.69. The molecule has 76 valence electrons. The molecular weight excluding hydrogens is 146 g/mol. The lowest BCUT2D eigenvalue weighted by atomic mass is 10.0. The topological polar surface area (TPSA) is 12.0 Å². The van der Waals surface area contributed by atoms with Crippen molar-refractivity contribution in [3.8, 4) is 0 Å². The van der Waals surface area contributed by atoms with Crippen LogP contribution in [0.15, 0.2) is 0 Å². The van der Waals surface area contributed by atoms with E-state index in [1.54, 1.807) is 0 Å². The Labute approximate surface area is 78.9 Å². The molecule has 1 nitrogen and oxygen atoms in total. The zero-order chi connectivity index (χ0) is 10.2. The van der Waals surface area contributed by atoms with Crippen molar-refractivity contribution in [2.75, 3.05) is 0 Å². The highest BCUT2D eigenvalue weighted by molar-refractivity contribution is 4.77. The van der Waals surface area contributed by atoms with Crippen molar-refractivity contribution in [2.24, 2.45) is 0 Å². The molecule has 0 bridgehead atoms. The van der Waals surface area contributed by atoms with Crippen molar-refractivity contribution in [1.29, 1.82) is 0 Å². The maximum absolute atomic E-state index is 3.56. The molecule has 0 aromatic rings. The van der Waals surface area contributed by atoms with E-state index in [0.717, 1.165) is 0 Å². The number of hydrogen-bond donors (Lipinski definition) is 1. The zero-order valence-electron chi connectivity index (χ0n) is 9.99. The molecule has 0 fully saturated rings. The minimum absolute atomic E-state index is 0.315. The summed E-state index contributed by atoms with van der Waals surface area (Å²) in [6.45, 7) is 15.2. The van der Waals surface area contributed by atoms with E-state index in [9.17, 15) is 0 Å². The molecule has 0 amide bonds. The molecule has 0 rings (SSSR count). The smallest absolute Gasteiger partial charge is 0.0125 e. The van der Waals surface area contributed by atoms with Gasteiger partial charge < -0.3 is 5.32 Å². The monoisotopic (exact) mass is 173 g/mol. The molecule has 1 heteroatoms. The van der Waals surface area contributed by atoms with Crippen LogP contribution in [0.3, 0.4) is 0 Å². The summed E-state index contributed by atoms with van der Waals surface area (Å²) < 4.78 is 0. The average molecular weight is 173 g/mol. The lowest BCUT2D eigenvalue weighted by Gasteiger charge is -2.28. The van der Waals surface area contributed by atoms with Crippen molar-refractivity contribution in [3.63, 3.8) is 0 Å². The van der Waals surface area contributed by atoms with E-state index >= 15 is 0 Å². The van der Waals surface area contributed by atoms with E-state index in [-0.39, 0.29) is 0 Å². The van der Waals surface area contributed by atoms with Gasteiger partial charge in [-0.25, -0.2) is 0 Å². The predicted molar refractivity (Wildman–Crippen MR) is 58.6 cm³/mol. The van der Waals surface area contributed by atoms with Crippen LogP contribution in [0.4, 0.5) is 0 Å². The lowest BCUT2D eigenvalue weighted by molar-refractivity contribution is 0.329. The molecule has 0 aromatic heterocycles. The van der Waals surface area contributed by atoms with E-state index in [1.807, 2.05) is 13.8 Å². The summed E-state index contributed by atoms with van der Waals surface area (Å²) in [5.74, 6) is 0. The van der Waals surface area contributed by atoms with Crippen molar-refractivity contribution in [2.45, 2.75) is 72.9 Å². The Morgan fingerprint density at radius 1 is 1.17 bits per heavy atom. The number of hydrogen-bond acceptors (Lipinski definition) is 1. The number of rotatable bonds is 4. The quantitative estimate of drug-likeness (QED) is 0.685. The van der Waals surface area contributed by atoms with Gasteiger partial charge in [0.2, 0.25) is 0 Å². The van der Waals surface area contributed by atoms with Crippen LogP contribution in [0.5, 0.6) is 0 Å². The average Bonchev–Trinajstić information content (AvgIpc) is 2.07. The molecule has 0 saturated carbocycles. The van der Waals surface area contributed by atoms with Gasteiger partial charge in [0.25, 0.3) is 0 Å². The normalized spacial score (nSPS) is 13.2. The standard InChI is InChI=1S/C9H21N.C2H6/c1-6-8(3)10-9(4,5)7-2;1-2/h8,10H,6-7H2,1-5H3;1-2H3. The second-order valence-electron chi connectivity index (χ2n) is 3.69. The summed E-state index contributed by atoms with van der Waals surface area (Å²) in [6.07, 6.45) is 2.40. The van der Waals surface area contributed by atoms with Crippen LogP contribution in [0.2, 0.25) is 0 Å². The van der Waals surface area contributed by atoms with Gasteiger partial charge in [-0.05, 0) is 33.6 Å². The molecule has 0 aliphatic rings. The maximum atomic E-state index is 3.56. The van der Waals surface area contributed by atoms with Crippen LogP contribution in [0, 0.1) is 0 Å². The summed E-state index contributed by atoms with van der Waals surface area (Å²) >= 11 is 0. The summed E-state index contributed by atoms with van der Waals surface area (Å²) in [6, 6.07) is 0.648. The Bertz CT molecular complexity index is 87.0. The van der Waals surface area contributed by atoms with Gasteiger partial charge in [-0.1, -0.05) is 27.7 Å². The Balaban J connectivity index is 0. The molecule has 0 radical (unpaired) electrons. The molecular formula is C11H27N.